The van der Waals surface area contributed by atoms with Gasteiger partial charge in [0.2, 0.25) is 0 Å². The highest BCUT2D eigenvalue weighted by Crippen LogP contribution is 2.44. The van der Waals surface area contributed by atoms with Gasteiger partial charge in [0, 0.05) is 0 Å². The van der Waals surface area contributed by atoms with Crippen LogP contribution in [0, 0.1) is 0 Å². The van der Waals surface area contributed by atoms with Crippen molar-refractivity contribution in [1.29, 1.82) is 0 Å². The predicted molar refractivity (Wildman–Crippen MR) is 56.0 cm³/mol. The van der Waals surface area contributed by atoms with E-state index in [0.717, 1.165) is 9.56 Å². The Kier molecular flexibility index (Phi) is 3.41. The molecule has 0 nitrogen and oxygen atoms in total. The lowest BCUT2D eigenvalue weighted by molar-refractivity contribution is 0.789. The molecule has 0 unspecified atom stereocenters. The fourth-order valence-electron chi connectivity index (χ4n) is 2.94. The Morgan fingerprint density at radius 2 is 1.08 bits per heavy atom. The molecule has 0 bridgehead atoms. The van der Waals surface area contributed by atoms with Crippen LogP contribution in [0.15, 0.2) is 0 Å². The van der Waals surface area contributed by atoms with Crippen LogP contribution >= 0.6 is 10.0 Å². The summed E-state index contributed by atoms with van der Waals surface area (Å²) in [5, 5.41) is 0. The van der Waals surface area contributed by atoms with Crippen LogP contribution in [0.25, 0.3) is 0 Å². The van der Waals surface area contributed by atoms with Crippen molar-refractivity contribution >= 4 is 23.3 Å². The maximum atomic E-state index is 6.63. The van der Waals surface area contributed by atoms with Crippen LogP contribution < -0.4 is 0 Å². The lowest BCUT2D eigenvalue weighted by Crippen LogP contribution is -2.17. The van der Waals surface area contributed by atoms with Crippen LogP contribution in [-0.4, -0.2) is 13.2 Å². The summed E-state index contributed by atoms with van der Waals surface area (Å²) >= 11 is -0.835. The molecule has 2 rings (SSSR count). The second-order valence-corrected chi connectivity index (χ2v) is 8.82. The van der Waals surface area contributed by atoms with Gasteiger partial charge in [-0.25, -0.2) is 0 Å². The summed E-state index contributed by atoms with van der Waals surface area (Å²) < 4.78 is 2.02. The number of rotatable bonds is 2. The van der Waals surface area contributed by atoms with Crippen LogP contribution in [0.3, 0.4) is 0 Å². The number of halogens is 1. The van der Waals surface area contributed by atoms with E-state index in [0.29, 0.717) is 0 Å². The molecular formula is C10H18AlCl. The van der Waals surface area contributed by atoms with Gasteiger partial charge in [0.15, 0.2) is 0 Å². The second-order valence-electron chi connectivity index (χ2n) is 4.53. The topological polar surface area (TPSA) is 0 Å². The number of hydrogen-bond acceptors (Lipinski definition) is 0. The Morgan fingerprint density at radius 3 is 1.42 bits per heavy atom. The van der Waals surface area contributed by atoms with Crippen molar-refractivity contribution in [3.8, 4) is 0 Å². The third-order valence-electron chi connectivity index (χ3n) is 3.70. The first kappa shape index (κ1) is 9.38. The highest BCUT2D eigenvalue weighted by Gasteiger charge is 2.37. The van der Waals surface area contributed by atoms with E-state index < -0.39 is 13.2 Å². The summed E-state index contributed by atoms with van der Waals surface area (Å²) in [5.41, 5.74) is 0. The smallest absolute Gasteiger partial charge is 0.260 e. The molecule has 0 spiro atoms. The quantitative estimate of drug-likeness (QED) is 0.589. The van der Waals surface area contributed by atoms with Crippen LogP contribution in [0.2, 0.25) is 9.56 Å². The average Bonchev–Trinajstić information content (AvgIpc) is 2.77. The minimum atomic E-state index is -0.835. The Labute approximate surface area is 84.3 Å². The summed E-state index contributed by atoms with van der Waals surface area (Å²) in [4.78, 5) is 0. The van der Waals surface area contributed by atoms with Gasteiger partial charge in [-0.15, -0.1) is 0 Å². The van der Waals surface area contributed by atoms with Gasteiger partial charge >= 0.3 is 13.2 Å². The van der Waals surface area contributed by atoms with E-state index in [-0.39, 0.29) is 0 Å². The monoisotopic (exact) mass is 200 g/mol. The maximum Gasteiger partial charge on any atom is 0.406 e. The summed E-state index contributed by atoms with van der Waals surface area (Å²) in [6, 6.07) is 0. The van der Waals surface area contributed by atoms with Crippen LogP contribution in [0.5, 0.6) is 0 Å². The van der Waals surface area contributed by atoms with Crippen molar-refractivity contribution in [1.82, 2.24) is 0 Å². The third kappa shape index (κ3) is 2.00. The second kappa shape index (κ2) is 4.36. The highest BCUT2D eigenvalue weighted by atomic mass is 35.6. The van der Waals surface area contributed by atoms with E-state index in [4.69, 9.17) is 10.0 Å². The zero-order valence-electron chi connectivity index (χ0n) is 7.77. The molecule has 0 aromatic rings. The Morgan fingerprint density at radius 1 is 0.750 bits per heavy atom. The van der Waals surface area contributed by atoms with Crippen molar-refractivity contribution < 1.29 is 0 Å². The Balaban J connectivity index is 1.84. The highest BCUT2D eigenvalue weighted by molar-refractivity contribution is 7.08. The van der Waals surface area contributed by atoms with Crippen molar-refractivity contribution in [2.75, 3.05) is 0 Å². The van der Waals surface area contributed by atoms with Crippen molar-refractivity contribution in [3.63, 3.8) is 0 Å². The first-order chi connectivity index (χ1) is 5.88. The lowest BCUT2D eigenvalue weighted by Gasteiger charge is -2.16. The normalized spacial score (nSPS) is 26.8. The molecule has 0 atom stereocenters. The summed E-state index contributed by atoms with van der Waals surface area (Å²) in [6.45, 7) is 0. The van der Waals surface area contributed by atoms with E-state index in [1.165, 1.54) is 51.4 Å². The molecule has 0 amide bonds. The molecule has 2 heteroatoms. The standard InChI is InChI=1S/2C5H9.Al.ClH/c2*1-2-4-5-3-1;;/h2*1H,2-5H2;;1H/q;;+1;/p-1. The van der Waals surface area contributed by atoms with Gasteiger partial charge in [0.1, 0.15) is 0 Å². The minimum Gasteiger partial charge on any atom is -0.260 e. The Hall–Kier alpha value is 0.822. The van der Waals surface area contributed by atoms with Gasteiger partial charge in [-0.1, -0.05) is 60.9 Å². The zero-order valence-corrected chi connectivity index (χ0v) is 9.68. The molecule has 0 saturated heterocycles. The van der Waals surface area contributed by atoms with Gasteiger partial charge < -0.3 is 0 Å². The van der Waals surface area contributed by atoms with E-state index in [2.05, 4.69) is 0 Å². The Bertz CT molecular complexity index is 121. The molecule has 0 aliphatic heterocycles. The van der Waals surface area contributed by atoms with Crippen LogP contribution in [0.1, 0.15) is 51.4 Å². The molecule has 0 aromatic heterocycles. The summed E-state index contributed by atoms with van der Waals surface area (Å²) in [5.74, 6) is 0. The van der Waals surface area contributed by atoms with Crippen molar-refractivity contribution in [3.05, 3.63) is 0 Å². The number of hydrogen-bond donors (Lipinski definition) is 0. The molecule has 2 saturated carbocycles. The first-order valence-corrected chi connectivity index (χ1v) is 8.60. The maximum absolute atomic E-state index is 6.63. The molecular weight excluding hydrogens is 183 g/mol. The largest absolute Gasteiger partial charge is 0.406 e. The fourth-order valence-corrected chi connectivity index (χ4v) is 7.43. The minimum absolute atomic E-state index is 0.835. The summed E-state index contributed by atoms with van der Waals surface area (Å²) in [7, 11) is 6.63. The lowest BCUT2D eigenvalue weighted by atomic mass is 10.3. The van der Waals surface area contributed by atoms with Gasteiger partial charge in [0.25, 0.3) is 0 Å². The fraction of sp³-hybridized carbons (Fsp3) is 1.00. The van der Waals surface area contributed by atoms with E-state index in [1.807, 2.05) is 0 Å². The predicted octanol–water partition coefficient (Wildman–Crippen LogP) is 4.11. The molecule has 68 valence electrons. The van der Waals surface area contributed by atoms with Gasteiger partial charge in [-0.3, -0.25) is 10.0 Å². The first-order valence-electron chi connectivity index (χ1n) is 5.52. The molecule has 2 aliphatic carbocycles. The van der Waals surface area contributed by atoms with Crippen LogP contribution in [-0.2, 0) is 0 Å². The molecule has 12 heavy (non-hydrogen) atoms. The molecule has 0 N–H and O–H groups in total. The van der Waals surface area contributed by atoms with Crippen LogP contribution in [0.4, 0.5) is 0 Å². The van der Waals surface area contributed by atoms with Gasteiger partial charge in [-0.2, -0.15) is 0 Å². The molecule has 0 heterocycles. The third-order valence-corrected chi connectivity index (χ3v) is 8.97. The van der Waals surface area contributed by atoms with E-state index in [1.54, 1.807) is 0 Å². The van der Waals surface area contributed by atoms with E-state index >= 15 is 0 Å². The SMILES string of the molecule is [Cl][Al]([CH]1CCCC1)[CH]1CCCC1. The van der Waals surface area contributed by atoms with Crippen molar-refractivity contribution in [2.45, 2.75) is 60.9 Å². The molecule has 2 aliphatic rings. The van der Waals surface area contributed by atoms with Gasteiger partial charge in [0.05, 0.1) is 0 Å². The van der Waals surface area contributed by atoms with Crippen molar-refractivity contribution in [2.24, 2.45) is 0 Å². The molecule has 0 aromatic carbocycles. The molecule has 2 fully saturated rings. The molecule has 0 radical (unpaired) electrons. The average molecular weight is 201 g/mol. The van der Waals surface area contributed by atoms with Gasteiger partial charge in [-0.05, 0) is 0 Å². The summed E-state index contributed by atoms with van der Waals surface area (Å²) in [6.07, 6.45) is 11.7. The zero-order chi connectivity index (χ0) is 8.39. The van der Waals surface area contributed by atoms with E-state index in [9.17, 15) is 0 Å².